The number of rotatable bonds is 2. The van der Waals surface area contributed by atoms with Gasteiger partial charge in [0.25, 0.3) is 0 Å². The van der Waals surface area contributed by atoms with E-state index in [0.717, 1.165) is 47.8 Å². The van der Waals surface area contributed by atoms with Gasteiger partial charge in [-0.15, -0.1) is 0 Å². The fourth-order valence-corrected chi connectivity index (χ4v) is 7.16. The van der Waals surface area contributed by atoms with Crippen molar-refractivity contribution in [2.45, 2.75) is 102 Å². The number of epoxide rings is 2. The van der Waals surface area contributed by atoms with Crippen molar-refractivity contribution < 1.29 is 14.0 Å². The van der Waals surface area contributed by atoms with E-state index >= 15 is 0 Å². The van der Waals surface area contributed by atoms with Gasteiger partial charge in [-0.05, 0) is 43.6 Å². The number of nitrogens with zero attached hydrogens (tertiary/aromatic N) is 2. The molecule has 4 bridgehead atoms. The van der Waals surface area contributed by atoms with Crippen LogP contribution in [0.3, 0.4) is 0 Å². The van der Waals surface area contributed by atoms with Gasteiger partial charge < -0.3 is 14.0 Å². The third kappa shape index (κ3) is 2.85. The van der Waals surface area contributed by atoms with Crippen LogP contribution in [0.1, 0.15) is 53.4 Å². The Balaban J connectivity index is 0.000000119. The zero-order valence-electron chi connectivity index (χ0n) is 18.5. The number of hydrogen-bond donors (Lipinski definition) is 0. The lowest BCUT2D eigenvalue weighted by atomic mass is 9.81. The minimum atomic E-state index is 0.610. The Labute approximate surface area is 166 Å². The summed E-state index contributed by atoms with van der Waals surface area (Å²) < 4.78 is 12.7. The molecule has 8 unspecified atom stereocenters. The molecule has 4 heteroatoms. The molecule has 6 rings (SSSR count). The third-order valence-corrected chi connectivity index (χ3v) is 9.46. The molecule has 0 aromatic rings. The van der Waals surface area contributed by atoms with E-state index in [0.29, 0.717) is 24.4 Å². The number of hydrogen-bond acceptors (Lipinski definition) is 3. The van der Waals surface area contributed by atoms with Gasteiger partial charge in [-0.1, -0.05) is 27.7 Å². The minimum Gasteiger partial charge on any atom is -0.366 e. The Morgan fingerprint density at radius 2 is 1.11 bits per heavy atom. The molecule has 6 aliphatic rings. The molecule has 6 fully saturated rings. The Hall–Kier alpha value is -0.160. The summed E-state index contributed by atoms with van der Waals surface area (Å²) >= 11 is 0. The molecule has 4 nitrogen and oxygen atoms in total. The lowest BCUT2D eigenvalue weighted by Crippen LogP contribution is -2.58. The van der Waals surface area contributed by atoms with Crippen molar-refractivity contribution in [3.63, 3.8) is 0 Å². The maximum absolute atomic E-state index is 5.77. The molecule has 0 spiro atoms. The first-order chi connectivity index (χ1) is 12.7. The van der Waals surface area contributed by atoms with Crippen molar-refractivity contribution in [2.24, 2.45) is 23.7 Å². The highest BCUT2D eigenvalue weighted by atomic mass is 16.6. The monoisotopic (exact) mass is 377 g/mol. The van der Waals surface area contributed by atoms with Crippen molar-refractivity contribution in [1.82, 2.24) is 4.90 Å². The van der Waals surface area contributed by atoms with Crippen LogP contribution in [0.4, 0.5) is 0 Å². The Bertz CT molecular complexity index is 553. The van der Waals surface area contributed by atoms with Crippen LogP contribution in [0.15, 0.2) is 0 Å². The van der Waals surface area contributed by atoms with E-state index < -0.39 is 0 Å². The molecule has 0 amide bonds. The van der Waals surface area contributed by atoms with Crippen LogP contribution in [0.2, 0.25) is 0 Å². The molecule has 27 heavy (non-hydrogen) atoms. The lowest BCUT2D eigenvalue weighted by molar-refractivity contribution is -0.938. The highest BCUT2D eigenvalue weighted by Gasteiger charge is 2.70. The second kappa shape index (κ2) is 6.17. The van der Waals surface area contributed by atoms with Crippen LogP contribution in [0.5, 0.6) is 0 Å². The van der Waals surface area contributed by atoms with Gasteiger partial charge in [-0.3, -0.25) is 4.90 Å². The summed E-state index contributed by atoms with van der Waals surface area (Å²) in [6.45, 7) is 9.48. The first kappa shape index (κ1) is 18.8. The van der Waals surface area contributed by atoms with Gasteiger partial charge in [0, 0.05) is 24.9 Å². The SMILES string of the molecule is CC(C)C1CC2C3OC3C(C1)N2C.CC(C)C1CC2C3OC3C(C1)[N+]2(C)C. The van der Waals surface area contributed by atoms with E-state index in [2.05, 4.69) is 53.7 Å². The van der Waals surface area contributed by atoms with Crippen LogP contribution < -0.4 is 0 Å². The first-order valence-corrected chi connectivity index (χ1v) is 11.6. The molecule has 0 saturated carbocycles. The molecular formula is C23H41N2O2+. The number of ether oxygens (including phenoxy) is 2. The van der Waals surface area contributed by atoms with E-state index in [4.69, 9.17) is 9.47 Å². The predicted octanol–water partition coefficient (Wildman–Crippen LogP) is 3.15. The normalized spacial score (nSPS) is 53.7. The van der Waals surface area contributed by atoms with Gasteiger partial charge in [0.05, 0.1) is 14.1 Å². The van der Waals surface area contributed by atoms with Crippen LogP contribution >= 0.6 is 0 Å². The molecule has 8 atom stereocenters. The summed E-state index contributed by atoms with van der Waals surface area (Å²) in [6.07, 6.45) is 7.98. The van der Waals surface area contributed by atoms with Crippen LogP contribution in [0.25, 0.3) is 0 Å². The average molecular weight is 378 g/mol. The predicted molar refractivity (Wildman–Crippen MR) is 107 cm³/mol. The standard InChI is InChI=1S/C12H22NO.C11H19NO/c1-7(2)8-5-9-11-12(14-11)10(6-8)13(9,3)4;1-6(2)7-4-8-10-11(13-10)9(5-7)12(8)3/h7-12H,5-6H2,1-4H3;6-11H,4-5H2,1-3H3/q+1;. The molecule has 6 heterocycles. The molecule has 0 aromatic heterocycles. The summed E-state index contributed by atoms with van der Waals surface area (Å²) in [6, 6.07) is 3.09. The number of fused-ring (bicyclic) bond motifs is 10. The maximum atomic E-state index is 5.77. The maximum Gasteiger partial charge on any atom is 0.142 e. The van der Waals surface area contributed by atoms with Gasteiger partial charge >= 0.3 is 0 Å². The second-order valence-electron chi connectivity index (χ2n) is 11.6. The van der Waals surface area contributed by atoms with E-state index in [1.807, 2.05) is 0 Å². The van der Waals surface area contributed by atoms with Gasteiger partial charge in [0.1, 0.15) is 36.5 Å². The number of quaternary nitrogens is 1. The zero-order valence-corrected chi connectivity index (χ0v) is 18.5. The molecule has 6 saturated heterocycles. The molecular weight excluding hydrogens is 336 g/mol. The van der Waals surface area contributed by atoms with Crippen LogP contribution in [-0.4, -0.2) is 79.1 Å². The zero-order chi connectivity index (χ0) is 19.2. The minimum absolute atomic E-state index is 0.610. The van der Waals surface area contributed by atoms with Crippen LogP contribution in [-0.2, 0) is 9.47 Å². The first-order valence-electron chi connectivity index (χ1n) is 11.6. The summed E-state index contributed by atoms with van der Waals surface area (Å²) in [5.41, 5.74) is 0. The second-order valence-corrected chi connectivity index (χ2v) is 11.6. The molecule has 154 valence electrons. The average Bonchev–Trinajstić information content (AvgIpc) is 3.45. The van der Waals surface area contributed by atoms with Crippen LogP contribution in [0, 0.1) is 23.7 Å². The summed E-state index contributed by atoms with van der Waals surface area (Å²) in [5.74, 6) is 3.61. The van der Waals surface area contributed by atoms with E-state index in [9.17, 15) is 0 Å². The Morgan fingerprint density at radius 1 is 0.704 bits per heavy atom. The van der Waals surface area contributed by atoms with Crippen molar-refractivity contribution >= 4 is 0 Å². The number of likely N-dealkylation sites (N-methyl/N-ethyl adjacent to an activating group) is 2. The summed E-state index contributed by atoms with van der Waals surface area (Å²) in [4.78, 5) is 2.57. The molecule has 0 aromatic carbocycles. The Kier molecular flexibility index (Phi) is 4.30. The highest BCUT2D eigenvalue weighted by molar-refractivity contribution is 5.13. The highest BCUT2D eigenvalue weighted by Crippen LogP contribution is 2.54. The van der Waals surface area contributed by atoms with E-state index in [1.54, 1.807) is 0 Å². The van der Waals surface area contributed by atoms with Crippen molar-refractivity contribution in [2.75, 3.05) is 21.1 Å². The summed E-state index contributed by atoms with van der Waals surface area (Å²) in [5, 5.41) is 0. The van der Waals surface area contributed by atoms with Gasteiger partial charge in [0.2, 0.25) is 0 Å². The fraction of sp³-hybridized carbons (Fsp3) is 1.00. The van der Waals surface area contributed by atoms with Gasteiger partial charge in [0.15, 0.2) is 0 Å². The lowest BCUT2D eigenvalue weighted by Gasteiger charge is -2.46. The number of morpholine rings is 2. The number of piperidine rings is 2. The van der Waals surface area contributed by atoms with Crippen molar-refractivity contribution in [3.05, 3.63) is 0 Å². The smallest absolute Gasteiger partial charge is 0.142 e. The van der Waals surface area contributed by atoms with E-state index in [1.165, 1.54) is 30.2 Å². The molecule has 0 aliphatic carbocycles. The molecule has 0 radical (unpaired) electrons. The fourth-order valence-electron chi connectivity index (χ4n) is 7.16. The molecule has 0 N–H and O–H groups in total. The third-order valence-electron chi connectivity index (χ3n) is 9.46. The Morgan fingerprint density at radius 3 is 1.56 bits per heavy atom. The van der Waals surface area contributed by atoms with Gasteiger partial charge in [-0.2, -0.15) is 0 Å². The summed E-state index contributed by atoms with van der Waals surface area (Å²) in [7, 11) is 7.09. The topological polar surface area (TPSA) is 28.3 Å². The van der Waals surface area contributed by atoms with E-state index in [-0.39, 0.29) is 0 Å². The molecule has 6 aliphatic heterocycles. The van der Waals surface area contributed by atoms with Gasteiger partial charge in [-0.25, -0.2) is 0 Å². The van der Waals surface area contributed by atoms with Crippen molar-refractivity contribution in [3.8, 4) is 0 Å². The largest absolute Gasteiger partial charge is 0.366 e. The quantitative estimate of drug-likeness (QED) is 0.547. The van der Waals surface area contributed by atoms with Crippen molar-refractivity contribution in [1.29, 1.82) is 0 Å².